The van der Waals surface area contributed by atoms with Crippen molar-refractivity contribution in [3.63, 3.8) is 0 Å². The summed E-state index contributed by atoms with van der Waals surface area (Å²) >= 11 is 1.13. The van der Waals surface area contributed by atoms with Crippen LogP contribution in [0.4, 0.5) is 5.13 Å². The molecular weight excluding hydrogens is 214 g/mol. The summed E-state index contributed by atoms with van der Waals surface area (Å²) in [6.07, 6.45) is 5.06. The highest BCUT2D eigenvalue weighted by Crippen LogP contribution is 2.18. The van der Waals surface area contributed by atoms with E-state index in [0.717, 1.165) is 16.9 Å². The first kappa shape index (κ1) is 9.72. The van der Waals surface area contributed by atoms with Crippen LogP contribution < -0.4 is 5.32 Å². The fourth-order valence-electron chi connectivity index (χ4n) is 1.10. The van der Waals surface area contributed by atoms with Crippen molar-refractivity contribution in [3.05, 3.63) is 35.1 Å². The van der Waals surface area contributed by atoms with Gasteiger partial charge in [0, 0.05) is 18.9 Å². The third-order valence-corrected chi connectivity index (χ3v) is 2.77. The zero-order valence-corrected chi connectivity index (χ0v) is 8.54. The van der Waals surface area contributed by atoms with Gasteiger partial charge >= 0.3 is 5.97 Å². The summed E-state index contributed by atoms with van der Waals surface area (Å²) in [7, 11) is 0. The maximum Gasteiger partial charge on any atom is 0.347 e. The number of carboxylic acid groups (broad SMARTS) is 1. The van der Waals surface area contributed by atoms with E-state index in [9.17, 15) is 4.79 Å². The van der Waals surface area contributed by atoms with Gasteiger partial charge in [-0.25, -0.2) is 9.78 Å². The minimum absolute atomic E-state index is 0.242. The second kappa shape index (κ2) is 4.14. The Morgan fingerprint density at radius 2 is 2.53 bits per heavy atom. The molecule has 0 aliphatic carbocycles. The molecule has 78 valence electrons. The fourth-order valence-corrected chi connectivity index (χ4v) is 1.75. The van der Waals surface area contributed by atoms with Crippen LogP contribution >= 0.6 is 11.3 Å². The molecule has 0 amide bonds. The zero-order chi connectivity index (χ0) is 10.7. The van der Waals surface area contributed by atoms with Gasteiger partial charge in [-0.15, -0.1) is 0 Å². The molecule has 0 aliphatic heterocycles. The molecule has 0 saturated carbocycles. The number of aromatic carboxylic acids is 1. The molecule has 3 N–H and O–H groups in total. The Labute approximate surface area is 89.8 Å². The number of thiazole rings is 1. The lowest BCUT2D eigenvalue weighted by atomic mass is 10.3. The maximum absolute atomic E-state index is 10.6. The highest BCUT2D eigenvalue weighted by atomic mass is 32.1. The molecule has 5 nitrogen and oxygen atoms in total. The number of anilines is 1. The van der Waals surface area contributed by atoms with E-state index in [1.807, 2.05) is 18.5 Å². The Bertz CT molecular complexity index is 450. The first-order valence-electron chi connectivity index (χ1n) is 4.30. The molecule has 0 fully saturated rings. The molecule has 2 aromatic heterocycles. The topological polar surface area (TPSA) is 78.0 Å². The Hall–Kier alpha value is -1.82. The van der Waals surface area contributed by atoms with Crippen molar-refractivity contribution >= 4 is 22.4 Å². The van der Waals surface area contributed by atoms with Crippen molar-refractivity contribution in [3.8, 4) is 0 Å². The van der Waals surface area contributed by atoms with Gasteiger partial charge in [0.2, 0.25) is 0 Å². The number of aromatic amines is 1. The van der Waals surface area contributed by atoms with Crippen LogP contribution in [0.3, 0.4) is 0 Å². The van der Waals surface area contributed by atoms with Gasteiger partial charge in [-0.1, -0.05) is 11.3 Å². The average molecular weight is 223 g/mol. The molecular formula is C9H9N3O2S. The van der Waals surface area contributed by atoms with Crippen LogP contribution in [0.2, 0.25) is 0 Å². The summed E-state index contributed by atoms with van der Waals surface area (Å²) in [5.41, 5.74) is 1.10. The molecule has 2 rings (SSSR count). The van der Waals surface area contributed by atoms with Gasteiger partial charge in [0.05, 0.1) is 6.20 Å². The normalized spacial score (nSPS) is 10.1. The molecule has 0 unspecified atom stereocenters. The maximum atomic E-state index is 10.6. The van der Waals surface area contributed by atoms with E-state index >= 15 is 0 Å². The van der Waals surface area contributed by atoms with Gasteiger partial charge in [0.1, 0.15) is 4.88 Å². The highest BCUT2D eigenvalue weighted by Gasteiger charge is 2.07. The Kier molecular flexibility index (Phi) is 2.68. The molecule has 15 heavy (non-hydrogen) atoms. The zero-order valence-electron chi connectivity index (χ0n) is 7.73. The number of hydrogen-bond acceptors (Lipinski definition) is 4. The standard InChI is InChI=1S/C9H9N3O2S/c13-8(14)7-5-12-9(15-7)11-4-6-1-2-10-3-6/h1-3,5,10H,4H2,(H,11,12)(H,13,14). The van der Waals surface area contributed by atoms with Crippen LogP contribution in [0.25, 0.3) is 0 Å². The predicted octanol–water partition coefficient (Wildman–Crippen LogP) is 1.78. The minimum Gasteiger partial charge on any atom is -0.477 e. The minimum atomic E-state index is -0.942. The lowest BCUT2D eigenvalue weighted by molar-refractivity contribution is 0.0702. The molecule has 0 radical (unpaired) electrons. The molecule has 0 saturated heterocycles. The van der Waals surface area contributed by atoms with E-state index in [4.69, 9.17) is 5.11 Å². The summed E-state index contributed by atoms with van der Waals surface area (Å²) in [6, 6.07) is 1.94. The van der Waals surface area contributed by atoms with Crippen molar-refractivity contribution in [1.29, 1.82) is 0 Å². The van der Waals surface area contributed by atoms with Gasteiger partial charge in [0.15, 0.2) is 5.13 Å². The summed E-state index contributed by atoms with van der Waals surface area (Å²) < 4.78 is 0. The Morgan fingerprint density at radius 3 is 3.13 bits per heavy atom. The molecule has 0 aromatic carbocycles. The van der Waals surface area contributed by atoms with E-state index < -0.39 is 5.97 Å². The monoisotopic (exact) mass is 223 g/mol. The van der Waals surface area contributed by atoms with Gasteiger partial charge in [-0.3, -0.25) is 0 Å². The Balaban J connectivity index is 1.96. The average Bonchev–Trinajstić information content (AvgIpc) is 2.86. The predicted molar refractivity (Wildman–Crippen MR) is 57.2 cm³/mol. The quantitative estimate of drug-likeness (QED) is 0.738. The van der Waals surface area contributed by atoms with E-state index in [-0.39, 0.29) is 4.88 Å². The lowest BCUT2D eigenvalue weighted by Gasteiger charge is -1.98. The number of aromatic nitrogens is 2. The molecule has 2 heterocycles. The van der Waals surface area contributed by atoms with E-state index in [0.29, 0.717) is 11.7 Å². The third kappa shape index (κ3) is 2.35. The summed E-state index contributed by atoms with van der Waals surface area (Å²) in [4.78, 5) is 17.7. The number of carboxylic acids is 1. The molecule has 6 heteroatoms. The van der Waals surface area contributed by atoms with Gasteiger partial charge < -0.3 is 15.4 Å². The number of hydrogen-bond donors (Lipinski definition) is 3. The van der Waals surface area contributed by atoms with Crippen molar-refractivity contribution in [2.75, 3.05) is 5.32 Å². The molecule has 0 atom stereocenters. The molecule has 0 spiro atoms. The number of nitrogens with one attached hydrogen (secondary N) is 2. The van der Waals surface area contributed by atoms with Crippen molar-refractivity contribution in [2.45, 2.75) is 6.54 Å². The molecule has 2 aromatic rings. The van der Waals surface area contributed by atoms with Gasteiger partial charge in [-0.05, 0) is 11.6 Å². The first-order chi connectivity index (χ1) is 7.25. The highest BCUT2D eigenvalue weighted by molar-refractivity contribution is 7.17. The number of nitrogens with zero attached hydrogens (tertiary/aromatic N) is 1. The SMILES string of the molecule is O=C(O)c1cnc(NCc2cc[nH]c2)s1. The summed E-state index contributed by atoms with van der Waals surface area (Å²) in [6.45, 7) is 0.635. The van der Waals surface area contributed by atoms with Crippen LogP contribution in [0.1, 0.15) is 15.2 Å². The lowest BCUT2D eigenvalue weighted by Crippen LogP contribution is -1.96. The summed E-state index contributed by atoms with van der Waals surface area (Å²) in [5.74, 6) is -0.942. The first-order valence-corrected chi connectivity index (χ1v) is 5.12. The summed E-state index contributed by atoms with van der Waals surface area (Å²) in [5, 5.41) is 12.4. The second-order valence-electron chi connectivity index (χ2n) is 2.91. The largest absolute Gasteiger partial charge is 0.477 e. The molecule has 0 aliphatic rings. The number of rotatable bonds is 4. The second-order valence-corrected chi connectivity index (χ2v) is 3.94. The van der Waals surface area contributed by atoms with Crippen molar-refractivity contribution in [2.24, 2.45) is 0 Å². The Morgan fingerprint density at radius 1 is 1.67 bits per heavy atom. The third-order valence-electron chi connectivity index (χ3n) is 1.82. The van der Waals surface area contributed by atoms with Crippen LogP contribution in [-0.4, -0.2) is 21.0 Å². The van der Waals surface area contributed by atoms with Gasteiger partial charge in [0.25, 0.3) is 0 Å². The number of H-pyrrole nitrogens is 1. The van der Waals surface area contributed by atoms with E-state index in [2.05, 4.69) is 15.3 Å². The van der Waals surface area contributed by atoms with Crippen molar-refractivity contribution in [1.82, 2.24) is 9.97 Å². The smallest absolute Gasteiger partial charge is 0.347 e. The van der Waals surface area contributed by atoms with Crippen LogP contribution in [-0.2, 0) is 6.54 Å². The van der Waals surface area contributed by atoms with Crippen LogP contribution in [0.15, 0.2) is 24.7 Å². The van der Waals surface area contributed by atoms with Gasteiger partial charge in [-0.2, -0.15) is 0 Å². The van der Waals surface area contributed by atoms with Crippen LogP contribution in [0.5, 0.6) is 0 Å². The fraction of sp³-hybridized carbons (Fsp3) is 0.111. The number of carbonyl (C=O) groups is 1. The van der Waals surface area contributed by atoms with E-state index in [1.165, 1.54) is 6.20 Å². The molecule has 0 bridgehead atoms. The van der Waals surface area contributed by atoms with Crippen LogP contribution in [0, 0.1) is 0 Å². The van der Waals surface area contributed by atoms with Crippen molar-refractivity contribution < 1.29 is 9.90 Å². The van der Waals surface area contributed by atoms with E-state index in [1.54, 1.807) is 0 Å².